The zero-order chi connectivity index (χ0) is 13.7. The minimum absolute atomic E-state index is 0.267. The molecule has 0 aliphatic carbocycles. The highest BCUT2D eigenvalue weighted by molar-refractivity contribution is 9.08. The second-order valence-electron chi connectivity index (χ2n) is 3.96. The summed E-state index contributed by atoms with van der Waals surface area (Å²) in [6.45, 7) is 0.270. The number of halogens is 2. The number of alkyl halides is 1. The van der Waals surface area contributed by atoms with Crippen LogP contribution in [0, 0.1) is 17.1 Å². The third kappa shape index (κ3) is 3.33. The predicted molar refractivity (Wildman–Crippen MR) is 74.5 cm³/mol. The van der Waals surface area contributed by atoms with E-state index < -0.39 is 0 Å². The molecule has 0 heterocycles. The standard InChI is InChI=1S/C15H11BrFNO/c16-8-13-2-1-3-14(17)15(13)19-10-12-6-4-11(9-18)5-7-12/h1-7H,8,10H2. The average Bonchev–Trinajstić information content (AvgIpc) is 2.46. The third-order valence-electron chi connectivity index (χ3n) is 2.66. The third-order valence-corrected chi connectivity index (χ3v) is 3.26. The largest absolute Gasteiger partial charge is 0.486 e. The lowest BCUT2D eigenvalue weighted by Gasteiger charge is -2.11. The minimum atomic E-state index is -0.370. The summed E-state index contributed by atoms with van der Waals surface area (Å²) in [5, 5.41) is 9.24. The van der Waals surface area contributed by atoms with Gasteiger partial charge >= 0.3 is 0 Å². The summed E-state index contributed by atoms with van der Waals surface area (Å²) in [4.78, 5) is 0. The Labute approximate surface area is 119 Å². The minimum Gasteiger partial charge on any atom is -0.486 e. The van der Waals surface area contributed by atoms with Crippen molar-refractivity contribution in [2.24, 2.45) is 0 Å². The number of nitriles is 1. The molecule has 2 aromatic rings. The molecule has 0 aliphatic rings. The fourth-order valence-corrected chi connectivity index (χ4v) is 2.09. The summed E-state index contributed by atoms with van der Waals surface area (Å²) in [6.07, 6.45) is 0. The Kier molecular flexibility index (Phi) is 4.53. The van der Waals surface area contributed by atoms with Gasteiger partial charge in [0, 0.05) is 10.9 Å². The Morgan fingerprint density at radius 1 is 1.16 bits per heavy atom. The van der Waals surface area contributed by atoms with E-state index in [1.807, 2.05) is 12.1 Å². The first kappa shape index (κ1) is 13.6. The van der Waals surface area contributed by atoms with Crippen LogP contribution in [0.4, 0.5) is 4.39 Å². The van der Waals surface area contributed by atoms with Crippen molar-refractivity contribution in [3.8, 4) is 11.8 Å². The number of benzene rings is 2. The van der Waals surface area contributed by atoms with Crippen molar-refractivity contribution >= 4 is 15.9 Å². The van der Waals surface area contributed by atoms with E-state index in [-0.39, 0.29) is 18.2 Å². The molecule has 2 rings (SSSR count). The Bertz CT molecular complexity index is 605. The highest BCUT2D eigenvalue weighted by Gasteiger charge is 2.09. The first-order chi connectivity index (χ1) is 9.24. The second-order valence-corrected chi connectivity index (χ2v) is 4.52. The maximum Gasteiger partial charge on any atom is 0.165 e. The van der Waals surface area contributed by atoms with Crippen molar-refractivity contribution in [1.82, 2.24) is 0 Å². The number of rotatable bonds is 4. The number of hydrogen-bond acceptors (Lipinski definition) is 2. The van der Waals surface area contributed by atoms with E-state index in [0.29, 0.717) is 10.9 Å². The fraction of sp³-hybridized carbons (Fsp3) is 0.133. The molecule has 0 unspecified atom stereocenters. The normalized spacial score (nSPS) is 9.95. The lowest BCUT2D eigenvalue weighted by molar-refractivity contribution is 0.288. The van der Waals surface area contributed by atoms with Crippen LogP contribution in [0.1, 0.15) is 16.7 Å². The number of para-hydroxylation sites is 1. The molecule has 0 N–H and O–H groups in total. The maximum atomic E-state index is 13.7. The predicted octanol–water partition coefficient (Wildman–Crippen LogP) is 4.17. The second kappa shape index (κ2) is 6.35. The molecule has 0 aliphatic heterocycles. The van der Waals surface area contributed by atoms with Crippen molar-refractivity contribution in [1.29, 1.82) is 5.26 Å². The van der Waals surface area contributed by atoms with Crippen LogP contribution < -0.4 is 4.74 Å². The van der Waals surface area contributed by atoms with Crippen molar-refractivity contribution in [2.45, 2.75) is 11.9 Å². The molecule has 0 radical (unpaired) electrons. The molecular weight excluding hydrogens is 309 g/mol. The van der Waals surface area contributed by atoms with Gasteiger partial charge in [0.1, 0.15) is 6.61 Å². The van der Waals surface area contributed by atoms with Crippen LogP contribution in [0.2, 0.25) is 0 Å². The molecule has 2 nitrogen and oxygen atoms in total. The number of hydrogen-bond donors (Lipinski definition) is 0. The molecule has 0 bridgehead atoms. The van der Waals surface area contributed by atoms with Gasteiger partial charge < -0.3 is 4.74 Å². The SMILES string of the molecule is N#Cc1ccc(COc2c(F)cccc2CBr)cc1. The molecule has 0 aromatic heterocycles. The number of nitrogens with zero attached hydrogens (tertiary/aromatic N) is 1. The van der Waals surface area contributed by atoms with Crippen molar-refractivity contribution in [3.63, 3.8) is 0 Å². The molecule has 96 valence electrons. The average molecular weight is 320 g/mol. The Balaban J connectivity index is 2.12. The lowest BCUT2D eigenvalue weighted by Crippen LogP contribution is -2.00. The maximum absolute atomic E-state index is 13.7. The van der Waals surface area contributed by atoms with Crippen molar-refractivity contribution in [2.75, 3.05) is 0 Å². The van der Waals surface area contributed by atoms with Crippen molar-refractivity contribution < 1.29 is 9.13 Å². The van der Waals surface area contributed by atoms with Gasteiger partial charge in [0.05, 0.1) is 11.6 Å². The van der Waals surface area contributed by atoms with E-state index in [1.165, 1.54) is 6.07 Å². The van der Waals surface area contributed by atoms with E-state index in [2.05, 4.69) is 15.9 Å². The molecule has 0 saturated heterocycles. The van der Waals surface area contributed by atoms with Gasteiger partial charge in [0.2, 0.25) is 0 Å². The molecule has 4 heteroatoms. The highest BCUT2D eigenvalue weighted by atomic mass is 79.9. The van der Waals surface area contributed by atoms with Gasteiger partial charge in [-0.15, -0.1) is 0 Å². The zero-order valence-corrected chi connectivity index (χ0v) is 11.7. The van der Waals surface area contributed by atoms with Gasteiger partial charge in [-0.05, 0) is 23.8 Å². The van der Waals surface area contributed by atoms with Gasteiger partial charge in [-0.1, -0.05) is 40.2 Å². The molecule has 0 fully saturated rings. The fourth-order valence-electron chi connectivity index (χ4n) is 1.65. The van der Waals surface area contributed by atoms with Crippen LogP contribution in [0.25, 0.3) is 0 Å². The number of ether oxygens (including phenoxy) is 1. The van der Waals surface area contributed by atoms with E-state index in [9.17, 15) is 4.39 Å². The van der Waals surface area contributed by atoms with E-state index in [4.69, 9.17) is 10.00 Å². The highest BCUT2D eigenvalue weighted by Crippen LogP contribution is 2.25. The van der Waals surface area contributed by atoms with Crippen LogP contribution in [0.5, 0.6) is 5.75 Å². The van der Waals surface area contributed by atoms with E-state index in [1.54, 1.807) is 30.3 Å². The Morgan fingerprint density at radius 2 is 1.89 bits per heavy atom. The summed E-state index contributed by atoms with van der Waals surface area (Å²) in [5.74, 6) is -0.102. The van der Waals surface area contributed by atoms with Gasteiger partial charge in [-0.25, -0.2) is 4.39 Å². The van der Waals surface area contributed by atoms with Gasteiger partial charge in [-0.3, -0.25) is 0 Å². The molecular formula is C15H11BrFNO. The molecule has 0 atom stereocenters. The summed E-state index contributed by atoms with van der Waals surface area (Å²) < 4.78 is 19.2. The molecule has 19 heavy (non-hydrogen) atoms. The molecule has 0 saturated carbocycles. The first-order valence-corrected chi connectivity index (χ1v) is 6.82. The van der Waals surface area contributed by atoms with Crippen LogP contribution >= 0.6 is 15.9 Å². The summed E-state index contributed by atoms with van der Waals surface area (Å²) in [5.41, 5.74) is 2.26. The summed E-state index contributed by atoms with van der Waals surface area (Å²) in [6, 6.07) is 13.9. The van der Waals surface area contributed by atoms with E-state index >= 15 is 0 Å². The topological polar surface area (TPSA) is 33.0 Å². The van der Waals surface area contributed by atoms with Crippen LogP contribution in [-0.2, 0) is 11.9 Å². The summed E-state index contributed by atoms with van der Waals surface area (Å²) >= 11 is 3.30. The first-order valence-electron chi connectivity index (χ1n) is 5.70. The Hall–Kier alpha value is -1.86. The summed E-state index contributed by atoms with van der Waals surface area (Å²) in [7, 11) is 0. The monoisotopic (exact) mass is 319 g/mol. The molecule has 0 amide bonds. The smallest absolute Gasteiger partial charge is 0.165 e. The quantitative estimate of drug-likeness (QED) is 0.792. The van der Waals surface area contributed by atoms with Gasteiger partial charge in [-0.2, -0.15) is 5.26 Å². The molecule has 0 spiro atoms. The van der Waals surface area contributed by atoms with E-state index in [0.717, 1.165) is 11.1 Å². The van der Waals surface area contributed by atoms with Crippen LogP contribution in [0.3, 0.4) is 0 Å². The zero-order valence-electron chi connectivity index (χ0n) is 10.1. The lowest BCUT2D eigenvalue weighted by atomic mass is 10.1. The van der Waals surface area contributed by atoms with Gasteiger partial charge in [0.25, 0.3) is 0 Å². The van der Waals surface area contributed by atoms with Gasteiger partial charge in [0.15, 0.2) is 11.6 Å². The Morgan fingerprint density at radius 3 is 2.53 bits per heavy atom. The van der Waals surface area contributed by atoms with Crippen LogP contribution in [-0.4, -0.2) is 0 Å². The van der Waals surface area contributed by atoms with Crippen LogP contribution in [0.15, 0.2) is 42.5 Å². The molecule has 2 aromatic carbocycles. The van der Waals surface area contributed by atoms with Crippen molar-refractivity contribution in [3.05, 3.63) is 65.0 Å².